The van der Waals surface area contributed by atoms with Crippen LogP contribution < -0.4 is 29.6 Å². The number of rotatable bonds is 0. The fourth-order valence-corrected chi connectivity index (χ4v) is 1.12. The van der Waals surface area contributed by atoms with Crippen molar-refractivity contribution in [1.82, 2.24) is 0 Å². The molecule has 0 N–H and O–H groups in total. The van der Waals surface area contributed by atoms with Crippen molar-refractivity contribution in [3.8, 4) is 6.07 Å². The van der Waals surface area contributed by atoms with Crippen LogP contribution in [0.25, 0.3) is 0 Å². The zero-order valence-corrected chi connectivity index (χ0v) is 9.54. The van der Waals surface area contributed by atoms with Crippen LogP contribution in [-0.4, -0.2) is 0 Å². The number of hydrogen-bond donors (Lipinski definition) is 0. The second kappa shape index (κ2) is 4.97. The molecule has 1 aromatic carbocycles. The van der Waals surface area contributed by atoms with E-state index in [0.717, 1.165) is 0 Å². The summed E-state index contributed by atoms with van der Waals surface area (Å²) in [5.74, 6) is 0. The Kier molecular flexibility index (Phi) is 5.07. The van der Waals surface area contributed by atoms with Crippen LogP contribution in [0.3, 0.4) is 0 Å². The molecule has 0 spiro atoms. The van der Waals surface area contributed by atoms with Crippen LogP contribution in [-0.2, 0) is 12.6 Å². The van der Waals surface area contributed by atoms with Gasteiger partial charge in [0.2, 0.25) is 0 Å². The predicted molar refractivity (Wildman–Crippen MR) is 41.8 cm³/mol. The van der Waals surface area contributed by atoms with Crippen LogP contribution in [0.4, 0.5) is 0 Å². The molecule has 0 saturated carbocycles. The van der Waals surface area contributed by atoms with Gasteiger partial charge in [-0.25, -0.2) is 0 Å². The Balaban J connectivity index is 0.000001000. The largest absolute Gasteiger partial charge is 1.00 e. The van der Waals surface area contributed by atoms with Crippen molar-refractivity contribution in [3.05, 3.63) is 28.8 Å². The normalized spacial score (nSPS) is 8.00. The van der Waals surface area contributed by atoms with Gasteiger partial charge >= 0.3 is 29.6 Å². The van der Waals surface area contributed by atoms with Gasteiger partial charge in [0.15, 0.2) is 0 Å². The minimum atomic E-state index is 0. The Morgan fingerprint density at radius 2 is 2.09 bits per heavy atom. The summed E-state index contributed by atoms with van der Waals surface area (Å²) in [5, 5.41) is 8.92. The van der Waals surface area contributed by atoms with Crippen molar-refractivity contribution < 1.29 is 29.6 Å². The third-order valence-corrected chi connectivity index (χ3v) is 1.74. The second-order valence-electron chi connectivity index (χ2n) is 1.72. The van der Waals surface area contributed by atoms with Crippen LogP contribution in [0.15, 0.2) is 23.1 Å². The first kappa shape index (κ1) is 11.2. The van der Waals surface area contributed by atoms with Crippen molar-refractivity contribution in [2.24, 2.45) is 0 Å². The molecule has 0 saturated heterocycles. The van der Waals surface area contributed by atoms with E-state index in [1.165, 1.54) is 0 Å². The van der Waals surface area contributed by atoms with E-state index >= 15 is 0 Å². The van der Waals surface area contributed by atoms with Gasteiger partial charge in [-0.1, -0.05) is 23.7 Å². The van der Waals surface area contributed by atoms with Gasteiger partial charge in [-0.2, -0.15) is 10.2 Å². The summed E-state index contributed by atoms with van der Waals surface area (Å²) in [7, 11) is 0. The fourth-order valence-electron chi connectivity index (χ4n) is 0.613. The van der Waals surface area contributed by atoms with Gasteiger partial charge in [0.25, 0.3) is 0 Å². The summed E-state index contributed by atoms with van der Waals surface area (Å²) < 4.78 is 0. The Morgan fingerprint density at radius 1 is 1.45 bits per heavy atom. The van der Waals surface area contributed by atoms with Crippen LogP contribution >= 0.6 is 11.6 Å². The van der Waals surface area contributed by atoms with Crippen LogP contribution in [0.1, 0.15) is 5.56 Å². The zero-order chi connectivity index (χ0) is 7.56. The summed E-state index contributed by atoms with van der Waals surface area (Å²) in [4.78, 5) is 0.509. The molecule has 1 rings (SSSR count). The smallest absolute Gasteiger partial charge is 0.778 e. The molecule has 0 atom stereocenters. The number of nitrogens with zero attached hydrogens (tertiary/aromatic N) is 1. The first-order valence-corrected chi connectivity index (χ1v) is 3.40. The van der Waals surface area contributed by atoms with Crippen LogP contribution in [0.5, 0.6) is 0 Å². The number of hydrogen-bond acceptors (Lipinski definition) is 2. The Morgan fingerprint density at radius 3 is 2.45 bits per heavy atom. The molecule has 0 aliphatic carbocycles. The number of nitriles is 1. The summed E-state index contributed by atoms with van der Waals surface area (Å²) in [6.07, 6.45) is 0. The molecule has 0 bridgehead atoms. The second-order valence-corrected chi connectivity index (χ2v) is 2.57. The van der Waals surface area contributed by atoms with Gasteiger partial charge in [-0.05, 0) is 6.07 Å². The minimum Gasteiger partial charge on any atom is -0.778 e. The topological polar surface area (TPSA) is 23.8 Å². The van der Waals surface area contributed by atoms with Crippen molar-refractivity contribution in [2.45, 2.75) is 4.90 Å². The number of halogens is 1. The molecule has 0 amide bonds. The maximum atomic E-state index is 8.50. The molecule has 0 heterocycles. The van der Waals surface area contributed by atoms with E-state index < -0.39 is 0 Å². The van der Waals surface area contributed by atoms with Crippen LogP contribution in [0, 0.1) is 11.3 Å². The zero-order valence-electron chi connectivity index (χ0n) is 5.97. The van der Waals surface area contributed by atoms with Gasteiger partial charge in [-0.3, -0.25) is 0 Å². The van der Waals surface area contributed by atoms with Crippen molar-refractivity contribution >= 4 is 24.2 Å². The minimum absolute atomic E-state index is 0. The molecule has 1 aromatic rings. The Labute approximate surface area is 98.1 Å². The van der Waals surface area contributed by atoms with E-state index in [-0.39, 0.29) is 29.6 Å². The van der Waals surface area contributed by atoms with Crippen molar-refractivity contribution in [1.29, 1.82) is 5.26 Å². The molecule has 0 aliphatic rings. The number of benzene rings is 1. The molecule has 0 radical (unpaired) electrons. The third-order valence-electron chi connectivity index (χ3n) is 1.09. The van der Waals surface area contributed by atoms with E-state index in [0.29, 0.717) is 15.5 Å². The van der Waals surface area contributed by atoms with Crippen molar-refractivity contribution in [3.63, 3.8) is 0 Å². The first-order valence-electron chi connectivity index (χ1n) is 2.61. The summed E-state index contributed by atoms with van der Waals surface area (Å²) in [5.41, 5.74) is 0.388. The average molecular weight is 192 g/mol. The quantitative estimate of drug-likeness (QED) is 0.393. The van der Waals surface area contributed by atoms with E-state index in [9.17, 15) is 0 Å². The van der Waals surface area contributed by atoms with Gasteiger partial charge in [0, 0.05) is 0 Å². The molecule has 0 aromatic heterocycles. The van der Waals surface area contributed by atoms with E-state index in [1.54, 1.807) is 18.2 Å². The molecule has 0 fully saturated rings. The molecule has 0 aliphatic heterocycles. The van der Waals surface area contributed by atoms with Gasteiger partial charge in [0.1, 0.15) is 0 Å². The van der Waals surface area contributed by atoms with Gasteiger partial charge in [0.05, 0.1) is 16.7 Å². The standard InChI is InChI=1S/C7H4ClNS.Na/c8-6-2-1-3-7(10)5(6)4-9;/h1-3,10H;/q;+1/p-1. The maximum Gasteiger partial charge on any atom is 1.00 e. The summed E-state index contributed by atoms with van der Waals surface area (Å²) >= 11 is 10.5. The van der Waals surface area contributed by atoms with Gasteiger partial charge < -0.3 is 12.6 Å². The molecule has 11 heavy (non-hydrogen) atoms. The molecule has 1 nitrogen and oxygen atoms in total. The summed E-state index contributed by atoms with van der Waals surface area (Å²) in [6, 6.07) is 6.98. The van der Waals surface area contributed by atoms with Crippen molar-refractivity contribution in [2.75, 3.05) is 0 Å². The summed E-state index contributed by atoms with van der Waals surface area (Å²) in [6.45, 7) is 0. The molecule has 4 heteroatoms. The van der Waals surface area contributed by atoms with Crippen LogP contribution in [0.2, 0.25) is 5.02 Å². The van der Waals surface area contributed by atoms with E-state index in [2.05, 4.69) is 0 Å². The molecule has 0 unspecified atom stereocenters. The molecular formula is C7H3ClNNaS. The first-order chi connectivity index (χ1) is 4.75. The van der Waals surface area contributed by atoms with E-state index in [1.807, 2.05) is 6.07 Å². The van der Waals surface area contributed by atoms with E-state index in [4.69, 9.17) is 29.5 Å². The molecular weight excluding hydrogens is 189 g/mol. The predicted octanol–water partition coefficient (Wildman–Crippen LogP) is -0.879. The molecule has 50 valence electrons. The monoisotopic (exact) mass is 191 g/mol. The fraction of sp³-hybridized carbons (Fsp3) is 0. The Bertz CT molecular complexity index is 275. The third kappa shape index (κ3) is 2.62. The maximum absolute atomic E-state index is 8.50. The SMILES string of the molecule is N#Cc1c([S-])cccc1Cl.[Na+]. The Hall–Kier alpha value is 0.220. The average Bonchev–Trinajstić information content (AvgIpc) is 1.88. The van der Waals surface area contributed by atoms with Gasteiger partial charge in [-0.15, -0.1) is 0 Å².